The van der Waals surface area contributed by atoms with Gasteiger partial charge in [0.1, 0.15) is 11.4 Å². The molecule has 0 radical (unpaired) electrons. The summed E-state index contributed by atoms with van der Waals surface area (Å²) in [5.74, 6) is 0. The van der Waals surface area contributed by atoms with E-state index in [1.165, 1.54) is 0 Å². The number of benzene rings is 4. The van der Waals surface area contributed by atoms with Gasteiger partial charge < -0.3 is 14.9 Å². The Hall–Kier alpha value is -4.31. The summed E-state index contributed by atoms with van der Waals surface area (Å²) in [6, 6.07) is 24.6. The van der Waals surface area contributed by atoms with E-state index < -0.39 is 23.7 Å². The number of alkyl halides is 6. The van der Waals surface area contributed by atoms with E-state index in [2.05, 4.69) is 14.9 Å². The smallest absolute Gasteiger partial charge is 0.351 e. The van der Waals surface area contributed by atoms with Crippen LogP contribution in [0.4, 0.5) is 37.7 Å². The second-order valence-corrected chi connectivity index (χ2v) is 11.1. The van der Waals surface area contributed by atoms with Gasteiger partial charge in [-0.15, -0.1) is 0 Å². The highest BCUT2D eigenvalue weighted by atomic mass is 32.2. The highest BCUT2D eigenvalue weighted by Gasteiger charge is 2.33. The summed E-state index contributed by atoms with van der Waals surface area (Å²) in [7, 11) is 1.96. The van der Waals surface area contributed by atoms with E-state index in [0.29, 0.717) is 21.8 Å². The Labute approximate surface area is 233 Å². The summed E-state index contributed by atoms with van der Waals surface area (Å²) in [6.45, 7) is 0. The molecular formula is C31H19F6N3S. The van der Waals surface area contributed by atoms with E-state index in [4.69, 9.17) is 0 Å². The zero-order valence-corrected chi connectivity index (χ0v) is 22.0. The first-order valence-electron chi connectivity index (χ1n) is 12.5. The molecule has 0 bridgehead atoms. The van der Waals surface area contributed by atoms with Crippen LogP contribution in [-0.2, 0) is 12.4 Å². The number of nitrogens with zero attached hydrogens (tertiary/aromatic N) is 1. The monoisotopic (exact) mass is 579 g/mol. The van der Waals surface area contributed by atoms with Gasteiger partial charge >= 0.3 is 12.4 Å². The van der Waals surface area contributed by atoms with Crippen molar-refractivity contribution in [3.63, 3.8) is 0 Å². The maximum absolute atomic E-state index is 13.2. The zero-order valence-electron chi connectivity index (χ0n) is 21.2. The molecule has 3 heterocycles. The van der Waals surface area contributed by atoms with Crippen molar-refractivity contribution < 1.29 is 26.3 Å². The van der Waals surface area contributed by atoms with Crippen LogP contribution >= 0.6 is 11.8 Å². The fourth-order valence-corrected chi connectivity index (χ4v) is 6.51. The SMILES string of the molecule is CN1c2ccc(-c3ccc4[nH]c(C(F)(F)F)cc4c3)cc2Sc2cc(-c3ccc4[nH]c(C(F)(F)F)cc4c3)ccc21. The summed E-state index contributed by atoms with van der Waals surface area (Å²) in [5, 5.41) is 0.961. The van der Waals surface area contributed by atoms with Crippen LogP contribution in [-0.4, -0.2) is 17.0 Å². The Morgan fingerprint density at radius 3 is 1.34 bits per heavy atom. The van der Waals surface area contributed by atoms with Crippen molar-refractivity contribution in [3.05, 3.63) is 96.3 Å². The number of rotatable bonds is 2. The number of hydrogen-bond acceptors (Lipinski definition) is 2. The van der Waals surface area contributed by atoms with Crippen LogP contribution in [0.15, 0.2) is 94.7 Å². The molecule has 10 heteroatoms. The molecule has 0 amide bonds. The molecule has 0 unspecified atom stereocenters. The normalized spacial score (nSPS) is 13.6. The van der Waals surface area contributed by atoms with E-state index >= 15 is 0 Å². The highest BCUT2D eigenvalue weighted by Crippen LogP contribution is 2.50. The molecule has 0 spiro atoms. The van der Waals surface area contributed by atoms with Crippen molar-refractivity contribution in [1.29, 1.82) is 0 Å². The number of hydrogen-bond donors (Lipinski definition) is 2. The molecule has 0 atom stereocenters. The van der Waals surface area contributed by atoms with Crippen LogP contribution < -0.4 is 4.90 Å². The van der Waals surface area contributed by atoms with Gasteiger partial charge in [-0.05, 0) is 82.9 Å². The Morgan fingerprint density at radius 1 is 0.537 bits per heavy atom. The summed E-state index contributed by atoms with van der Waals surface area (Å²) < 4.78 is 79.0. The highest BCUT2D eigenvalue weighted by molar-refractivity contribution is 7.99. The van der Waals surface area contributed by atoms with Gasteiger partial charge in [0.25, 0.3) is 0 Å². The maximum Gasteiger partial charge on any atom is 0.431 e. The fraction of sp³-hybridized carbons (Fsp3) is 0.0968. The molecule has 1 aliphatic rings. The Bertz CT molecular complexity index is 1840. The molecule has 2 N–H and O–H groups in total. The molecule has 6 aromatic rings. The summed E-state index contributed by atoms with van der Waals surface area (Å²) >= 11 is 1.57. The molecule has 4 aromatic carbocycles. The van der Waals surface area contributed by atoms with Gasteiger partial charge in [-0.3, -0.25) is 0 Å². The topological polar surface area (TPSA) is 34.8 Å². The van der Waals surface area contributed by atoms with Crippen molar-refractivity contribution in [2.45, 2.75) is 22.1 Å². The van der Waals surface area contributed by atoms with E-state index in [-0.39, 0.29) is 0 Å². The maximum atomic E-state index is 13.2. The van der Waals surface area contributed by atoms with E-state index in [9.17, 15) is 26.3 Å². The third-order valence-corrected chi connectivity index (χ3v) is 8.48. The van der Waals surface area contributed by atoms with E-state index in [0.717, 1.165) is 55.6 Å². The molecule has 41 heavy (non-hydrogen) atoms. The molecule has 3 nitrogen and oxygen atoms in total. The predicted molar refractivity (Wildman–Crippen MR) is 150 cm³/mol. The van der Waals surface area contributed by atoms with Crippen molar-refractivity contribution >= 4 is 44.9 Å². The van der Waals surface area contributed by atoms with Crippen molar-refractivity contribution in [3.8, 4) is 22.3 Å². The minimum absolute atomic E-state index is 0.419. The molecular weight excluding hydrogens is 560 g/mol. The van der Waals surface area contributed by atoms with Gasteiger partial charge in [-0.2, -0.15) is 26.3 Å². The van der Waals surface area contributed by atoms with Gasteiger partial charge in [0.05, 0.1) is 11.4 Å². The quantitative estimate of drug-likeness (QED) is 0.200. The van der Waals surface area contributed by atoms with E-state index in [1.54, 1.807) is 48.2 Å². The van der Waals surface area contributed by atoms with Crippen LogP contribution in [0.2, 0.25) is 0 Å². The molecule has 2 aromatic heterocycles. The minimum Gasteiger partial charge on any atom is -0.351 e. The lowest BCUT2D eigenvalue weighted by atomic mass is 10.0. The number of nitrogens with one attached hydrogen (secondary N) is 2. The van der Waals surface area contributed by atoms with Gasteiger partial charge in [0.2, 0.25) is 0 Å². The van der Waals surface area contributed by atoms with Crippen LogP contribution in [0, 0.1) is 0 Å². The van der Waals surface area contributed by atoms with Crippen LogP contribution in [0.3, 0.4) is 0 Å². The van der Waals surface area contributed by atoms with Crippen molar-refractivity contribution in [1.82, 2.24) is 9.97 Å². The summed E-state index contributed by atoms with van der Waals surface area (Å²) in [4.78, 5) is 8.90. The number of anilines is 2. The predicted octanol–water partition coefficient (Wildman–Crippen LogP) is 10.3. The lowest BCUT2D eigenvalue weighted by Crippen LogP contribution is -2.14. The number of aromatic amines is 2. The Morgan fingerprint density at radius 2 is 0.927 bits per heavy atom. The van der Waals surface area contributed by atoms with Gasteiger partial charge in [0.15, 0.2) is 0 Å². The number of aromatic nitrogens is 2. The molecule has 206 valence electrons. The number of H-pyrrole nitrogens is 2. The van der Waals surface area contributed by atoms with E-state index in [1.807, 2.05) is 43.4 Å². The molecule has 0 aliphatic carbocycles. The Balaban J connectivity index is 1.22. The third-order valence-electron chi connectivity index (χ3n) is 7.38. The molecule has 1 aliphatic heterocycles. The van der Waals surface area contributed by atoms with Gasteiger partial charge in [0, 0.05) is 38.6 Å². The molecule has 0 saturated heterocycles. The van der Waals surface area contributed by atoms with Crippen LogP contribution in [0.25, 0.3) is 44.1 Å². The first-order chi connectivity index (χ1) is 19.4. The summed E-state index contributed by atoms with van der Waals surface area (Å²) in [5.41, 5.74) is 4.61. The second kappa shape index (κ2) is 8.84. The van der Waals surface area contributed by atoms with Crippen LogP contribution in [0.1, 0.15) is 11.4 Å². The standard InChI is InChI=1S/C31H19F6N3S/c1-40-24-8-4-18(16-2-6-22-20(10-16)14-28(38-22)30(32,33)34)12-26(24)41-27-13-19(5-9-25(27)40)17-3-7-23-21(11-17)15-29(39-23)31(35,36)37/h2-15,38-39H,1H3. The average molecular weight is 580 g/mol. The van der Waals surface area contributed by atoms with Crippen molar-refractivity contribution in [2.75, 3.05) is 11.9 Å². The zero-order chi connectivity index (χ0) is 28.7. The molecule has 0 saturated carbocycles. The average Bonchev–Trinajstić information content (AvgIpc) is 3.56. The molecule has 7 rings (SSSR count). The third kappa shape index (κ3) is 4.42. The van der Waals surface area contributed by atoms with Gasteiger partial charge in [-0.1, -0.05) is 36.0 Å². The van der Waals surface area contributed by atoms with Crippen LogP contribution in [0.5, 0.6) is 0 Å². The Kier molecular flexibility index (Phi) is 5.53. The second-order valence-electron chi connectivity index (χ2n) is 9.99. The van der Waals surface area contributed by atoms with Crippen molar-refractivity contribution in [2.24, 2.45) is 0 Å². The number of halogens is 6. The lowest BCUT2D eigenvalue weighted by Gasteiger charge is -2.30. The lowest BCUT2D eigenvalue weighted by molar-refractivity contribution is -0.141. The fourth-order valence-electron chi connectivity index (χ4n) is 5.28. The summed E-state index contributed by atoms with van der Waals surface area (Å²) in [6.07, 6.45) is -8.89. The minimum atomic E-state index is -4.45. The number of fused-ring (bicyclic) bond motifs is 4. The largest absolute Gasteiger partial charge is 0.431 e. The first-order valence-corrected chi connectivity index (χ1v) is 13.4. The molecule has 0 fully saturated rings. The first kappa shape index (κ1) is 25.6. The van der Waals surface area contributed by atoms with Gasteiger partial charge in [-0.25, -0.2) is 0 Å².